The second-order valence-corrected chi connectivity index (χ2v) is 5.56. The van der Waals surface area contributed by atoms with Gasteiger partial charge in [0.2, 0.25) is 0 Å². The number of hydrogen-bond donors (Lipinski definition) is 0. The van der Waals surface area contributed by atoms with Gasteiger partial charge in [-0.1, -0.05) is 12.1 Å². The molecule has 3 rings (SSSR count). The van der Waals surface area contributed by atoms with Crippen LogP contribution in [0.1, 0.15) is 17.4 Å². The lowest BCUT2D eigenvalue weighted by Crippen LogP contribution is -2.49. The standard InChI is InChI=1S/C16H20FN3O/c1-12-9-13(2)20(18-12)14-10-19(11-14)7-8-21-16-6-4-3-5-15(16)17/h3-6,9,14H,7-8,10-11H2,1-2H3. The van der Waals surface area contributed by atoms with E-state index in [1.807, 2.05) is 6.92 Å². The smallest absolute Gasteiger partial charge is 0.165 e. The van der Waals surface area contributed by atoms with E-state index < -0.39 is 0 Å². The van der Waals surface area contributed by atoms with Gasteiger partial charge in [0.25, 0.3) is 0 Å². The van der Waals surface area contributed by atoms with Crippen LogP contribution in [-0.2, 0) is 0 Å². The fourth-order valence-corrected chi connectivity index (χ4v) is 2.74. The highest BCUT2D eigenvalue weighted by molar-refractivity contribution is 5.23. The molecule has 1 aliphatic heterocycles. The van der Waals surface area contributed by atoms with E-state index in [0.717, 1.165) is 25.3 Å². The third-order valence-electron chi connectivity index (χ3n) is 3.83. The van der Waals surface area contributed by atoms with E-state index in [1.165, 1.54) is 11.8 Å². The first-order valence-electron chi connectivity index (χ1n) is 7.26. The van der Waals surface area contributed by atoms with E-state index in [-0.39, 0.29) is 5.82 Å². The summed E-state index contributed by atoms with van der Waals surface area (Å²) < 4.78 is 21.0. The third-order valence-corrected chi connectivity index (χ3v) is 3.83. The molecular formula is C16H20FN3O. The molecule has 0 atom stereocenters. The second-order valence-electron chi connectivity index (χ2n) is 5.56. The molecule has 21 heavy (non-hydrogen) atoms. The van der Waals surface area contributed by atoms with Crippen molar-refractivity contribution in [1.82, 2.24) is 14.7 Å². The maximum absolute atomic E-state index is 13.4. The van der Waals surface area contributed by atoms with Gasteiger partial charge in [-0.3, -0.25) is 9.58 Å². The number of hydrogen-bond acceptors (Lipinski definition) is 3. The molecule has 5 heteroatoms. The molecule has 2 heterocycles. The molecule has 0 saturated carbocycles. The van der Waals surface area contributed by atoms with E-state index in [2.05, 4.69) is 27.7 Å². The normalized spacial score (nSPS) is 16.0. The molecule has 2 aromatic rings. The third kappa shape index (κ3) is 3.08. The first kappa shape index (κ1) is 14.1. The molecule has 1 saturated heterocycles. The van der Waals surface area contributed by atoms with Crippen molar-refractivity contribution in [2.75, 3.05) is 26.2 Å². The van der Waals surface area contributed by atoms with Gasteiger partial charge < -0.3 is 4.74 Å². The van der Waals surface area contributed by atoms with Gasteiger partial charge in [0.05, 0.1) is 11.7 Å². The summed E-state index contributed by atoms with van der Waals surface area (Å²) in [4.78, 5) is 2.29. The van der Waals surface area contributed by atoms with Crippen molar-refractivity contribution in [1.29, 1.82) is 0 Å². The van der Waals surface area contributed by atoms with Crippen LogP contribution in [0.15, 0.2) is 30.3 Å². The maximum Gasteiger partial charge on any atom is 0.165 e. The zero-order valence-corrected chi connectivity index (χ0v) is 12.4. The number of rotatable bonds is 5. The number of aromatic nitrogens is 2. The van der Waals surface area contributed by atoms with Crippen molar-refractivity contribution in [2.45, 2.75) is 19.9 Å². The molecule has 1 aromatic heterocycles. The lowest BCUT2D eigenvalue weighted by Gasteiger charge is -2.39. The maximum atomic E-state index is 13.4. The molecule has 4 nitrogen and oxygen atoms in total. The summed E-state index contributed by atoms with van der Waals surface area (Å²) in [7, 11) is 0. The Morgan fingerprint density at radius 1 is 1.29 bits per heavy atom. The second kappa shape index (κ2) is 5.85. The average Bonchev–Trinajstić information content (AvgIpc) is 2.73. The highest BCUT2D eigenvalue weighted by atomic mass is 19.1. The van der Waals surface area contributed by atoms with Gasteiger partial charge in [0.1, 0.15) is 6.61 Å². The zero-order chi connectivity index (χ0) is 14.8. The minimum absolute atomic E-state index is 0.304. The van der Waals surface area contributed by atoms with Crippen molar-refractivity contribution in [3.8, 4) is 5.75 Å². The van der Waals surface area contributed by atoms with Crippen molar-refractivity contribution in [2.24, 2.45) is 0 Å². The molecule has 0 bridgehead atoms. The molecule has 0 spiro atoms. The van der Waals surface area contributed by atoms with Crippen LogP contribution in [-0.4, -0.2) is 40.9 Å². The monoisotopic (exact) mass is 289 g/mol. The van der Waals surface area contributed by atoms with Gasteiger partial charge >= 0.3 is 0 Å². The van der Waals surface area contributed by atoms with Gasteiger partial charge in [-0.25, -0.2) is 4.39 Å². The Hall–Kier alpha value is -1.88. The van der Waals surface area contributed by atoms with Crippen LogP contribution in [0, 0.1) is 19.7 Å². The molecule has 1 aromatic carbocycles. The number of aryl methyl sites for hydroxylation is 2. The predicted octanol–water partition coefficient (Wildman–Crippen LogP) is 2.57. The summed E-state index contributed by atoms with van der Waals surface area (Å²) in [6.07, 6.45) is 0. The summed E-state index contributed by atoms with van der Waals surface area (Å²) >= 11 is 0. The summed E-state index contributed by atoms with van der Waals surface area (Å²) in [5.74, 6) is 0.0229. The van der Waals surface area contributed by atoms with Crippen LogP contribution in [0.4, 0.5) is 4.39 Å². The van der Waals surface area contributed by atoms with Gasteiger partial charge in [0, 0.05) is 25.3 Å². The number of likely N-dealkylation sites (tertiary alicyclic amines) is 1. The molecule has 0 unspecified atom stereocenters. The van der Waals surface area contributed by atoms with E-state index in [0.29, 0.717) is 18.4 Å². The van der Waals surface area contributed by atoms with Crippen molar-refractivity contribution in [3.63, 3.8) is 0 Å². The minimum Gasteiger partial charge on any atom is -0.489 e. The van der Waals surface area contributed by atoms with Gasteiger partial charge in [0.15, 0.2) is 11.6 Å². The Labute approximate surface area is 124 Å². The van der Waals surface area contributed by atoms with E-state index >= 15 is 0 Å². The zero-order valence-electron chi connectivity index (χ0n) is 12.4. The molecule has 112 valence electrons. The van der Waals surface area contributed by atoms with Crippen LogP contribution in [0.3, 0.4) is 0 Å². The minimum atomic E-state index is -0.304. The van der Waals surface area contributed by atoms with Crippen LogP contribution in [0.2, 0.25) is 0 Å². The molecule has 0 radical (unpaired) electrons. The average molecular weight is 289 g/mol. The molecule has 1 aliphatic rings. The largest absolute Gasteiger partial charge is 0.489 e. The number of nitrogens with zero attached hydrogens (tertiary/aromatic N) is 3. The Kier molecular flexibility index (Phi) is 3.92. The predicted molar refractivity (Wildman–Crippen MR) is 79.1 cm³/mol. The van der Waals surface area contributed by atoms with Gasteiger partial charge in [-0.15, -0.1) is 0 Å². The van der Waals surface area contributed by atoms with Crippen LogP contribution in [0.25, 0.3) is 0 Å². The SMILES string of the molecule is Cc1cc(C)n(C2CN(CCOc3ccccc3F)C2)n1. The Balaban J connectivity index is 1.43. The molecule has 0 N–H and O–H groups in total. The number of benzene rings is 1. The summed E-state index contributed by atoms with van der Waals surface area (Å²) in [6, 6.07) is 9.07. The van der Waals surface area contributed by atoms with Crippen LogP contribution >= 0.6 is 0 Å². The van der Waals surface area contributed by atoms with Gasteiger partial charge in [-0.2, -0.15) is 5.10 Å². The van der Waals surface area contributed by atoms with Crippen molar-refractivity contribution >= 4 is 0 Å². The summed E-state index contributed by atoms with van der Waals surface area (Å²) in [5, 5.41) is 4.52. The Morgan fingerprint density at radius 3 is 2.71 bits per heavy atom. The quantitative estimate of drug-likeness (QED) is 0.847. The highest BCUT2D eigenvalue weighted by Gasteiger charge is 2.29. The van der Waals surface area contributed by atoms with Crippen molar-refractivity contribution < 1.29 is 9.13 Å². The molecule has 0 amide bonds. The fourth-order valence-electron chi connectivity index (χ4n) is 2.74. The summed E-state index contributed by atoms with van der Waals surface area (Å²) in [6.45, 7) is 7.37. The first-order valence-corrected chi connectivity index (χ1v) is 7.26. The van der Waals surface area contributed by atoms with Gasteiger partial charge in [-0.05, 0) is 32.0 Å². The lowest BCUT2D eigenvalue weighted by molar-refractivity contribution is 0.0797. The van der Waals surface area contributed by atoms with Crippen LogP contribution < -0.4 is 4.74 Å². The number of para-hydroxylation sites is 1. The fraction of sp³-hybridized carbons (Fsp3) is 0.438. The Bertz CT molecular complexity index is 620. The highest BCUT2D eigenvalue weighted by Crippen LogP contribution is 2.22. The molecule has 0 aliphatic carbocycles. The number of ether oxygens (including phenoxy) is 1. The van der Waals surface area contributed by atoms with E-state index in [9.17, 15) is 4.39 Å². The first-order chi connectivity index (χ1) is 10.1. The van der Waals surface area contributed by atoms with Crippen LogP contribution in [0.5, 0.6) is 5.75 Å². The lowest BCUT2D eigenvalue weighted by atomic mass is 10.1. The molecule has 1 fully saturated rings. The van der Waals surface area contributed by atoms with E-state index in [4.69, 9.17) is 4.74 Å². The van der Waals surface area contributed by atoms with E-state index in [1.54, 1.807) is 18.2 Å². The van der Waals surface area contributed by atoms with Crippen molar-refractivity contribution in [3.05, 3.63) is 47.5 Å². The summed E-state index contributed by atoms with van der Waals surface area (Å²) in [5.41, 5.74) is 2.27. The number of halogens is 1. The topological polar surface area (TPSA) is 30.3 Å². The molecular weight excluding hydrogens is 269 g/mol. The Morgan fingerprint density at radius 2 is 2.05 bits per heavy atom.